The molecule has 0 aliphatic heterocycles. The van der Waals surface area contributed by atoms with Crippen LogP contribution in [0.2, 0.25) is 0 Å². The first-order valence-corrected chi connectivity index (χ1v) is 2.35. The van der Waals surface area contributed by atoms with Gasteiger partial charge in [-0.15, -0.1) is 0 Å². The van der Waals surface area contributed by atoms with E-state index in [4.69, 9.17) is 10.8 Å². The average Bonchev–Trinajstić information content (AvgIpc) is 1.83. The van der Waals surface area contributed by atoms with Gasteiger partial charge >= 0.3 is 57.4 Å². The molecule has 0 spiro atoms. The largest absolute Gasteiger partial charge is 1.00 e. The van der Waals surface area contributed by atoms with Gasteiger partial charge in [0.05, 0.1) is 6.54 Å². The zero-order chi connectivity index (χ0) is 7.28. The molecule has 0 bridgehead atoms. The Kier molecular flexibility index (Phi) is 10.0. The molecule has 0 saturated heterocycles. The zero-order valence-corrected chi connectivity index (χ0v) is 8.88. The molecule has 0 fully saturated rings. The fourth-order valence-electron chi connectivity index (χ4n) is 0.246. The minimum Gasteiger partial charge on any atom is -1.00 e. The number of amides is 1. The molecule has 0 heterocycles. The minimum absolute atomic E-state index is 0. The summed E-state index contributed by atoms with van der Waals surface area (Å²) in [6.45, 7) is -0.538. The predicted octanol–water partition coefficient (Wildman–Crippen LogP) is -4.74. The Morgan fingerprint density at radius 1 is 1.60 bits per heavy atom. The topological polar surface area (TPSA) is 92.4 Å². The predicted molar refractivity (Wildman–Crippen MR) is 30.8 cm³/mol. The number of carboxylic acids is 1. The Morgan fingerprint density at radius 3 is 2.40 bits per heavy atom. The van der Waals surface area contributed by atoms with Crippen molar-refractivity contribution in [1.29, 1.82) is 0 Å². The first-order valence-electron chi connectivity index (χ1n) is 2.35. The van der Waals surface area contributed by atoms with Crippen LogP contribution in [-0.4, -0.2) is 30.1 Å². The third-order valence-electron chi connectivity index (χ3n) is 0.622. The van der Waals surface area contributed by atoms with Gasteiger partial charge in [-0.2, -0.15) is 0 Å². The van der Waals surface area contributed by atoms with Gasteiger partial charge in [0.2, 0.25) is 5.91 Å². The summed E-state index contributed by atoms with van der Waals surface area (Å²) in [5, 5.41) is 10.1. The van der Waals surface area contributed by atoms with Gasteiger partial charge in [0, 0.05) is 0 Å². The van der Waals surface area contributed by atoms with E-state index in [1.165, 1.54) is 0 Å². The molecule has 0 aromatic heterocycles. The number of carbonyl (C=O) groups excluding carboxylic acids is 1. The quantitative estimate of drug-likeness (QED) is 0.373. The van der Waals surface area contributed by atoms with E-state index in [0.717, 1.165) is 0 Å². The van der Waals surface area contributed by atoms with E-state index in [1.54, 1.807) is 0 Å². The van der Waals surface area contributed by atoms with Crippen LogP contribution < -0.4 is 62.4 Å². The van der Waals surface area contributed by atoms with Crippen LogP contribution >= 0.6 is 0 Å². The summed E-state index contributed by atoms with van der Waals surface area (Å²) in [6, 6.07) is 0. The van der Waals surface area contributed by atoms with E-state index in [1.807, 2.05) is 0 Å². The molecule has 0 atom stereocenters. The Labute approximate surface area is 102 Å². The number of aliphatic carboxylic acids is 1. The molecule has 0 unspecified atom stereocenters. The molecule has 0 rings (SSSR count). The van der Waals surface area contributed by atoms with Gasteiger partial charge in [0.15, 0.2) is 0 Å². The maximum atomic E-state index is 10.2. The first-order chi connectivity index (χ1) is 4.16. The second-order valence-corrected chi connectivity index (χ2v) is 1.37. The van der Waals surface area contributed by atoms with Crippen LogP contribution in [0.5, 0.6) is 0 Å². The van der Waals surface area contributed by atoms with Crippen molar-refractivity contribution in [3.8, 4) is 0 Å². The molecule has 1 amide bonds. The Hall–Kier alpha value is 0.536. The fraction of sp³-hybridized carbons (Fsp3) is 0.500. The van der Waals surface area contributed by atoms with Crippen molar-refractivity contribution in [2.75, 3.05) is 13.1 Å². The third-order valence-corrected chi connectivity index (χ3v) is 0.622. The van der Waals surface area contributed by atoms with Crippen molar-refractivity contribution < 1.29 is 67.5 Å². The van der Waals surface area contributed by atoms with Crippen molar-refractivity contribution in [2.45, 2.75) is 0 Å². The molecular weight excluding hydrogens is 163 g/mol. The van der Waals surface area contributed by atoms with Crippen LogP contribution in [0.3, 0.4) is 0 Å². The van der Waals surface area contributed by atoms with E-state index in [9.17, 15) is 9.59 Å². The third kappa shape index (κ3) is 8.54. The number of carboxylic acid groups (broad SMARTS) is 1. The van der Waals surface area contributed by atoms with Gasteiger partial charge < -0.3 is 17.6 Å². The summed E-state index contributed by atoms with van der Waals surface area (Å²) in [4.78, 5) is 20.0. The van der Waals surface area contributed by atoms with Crippen LogP contribution in [0, 0.1) is 0 Å². The van der Waals surface area contributed by atoms with E-state index in [2.05, 4.69) is 5.32 Å². The molecule has 10 heavy (non-hydrogen) atoms. The maximum absolute atomic E-state index is 10.2. The van der Waals surface area contributed by atoms with Gasteiger partial charge in [0.25, 0.3) is 0 Å². The van der Waals surface area contributed by atoms with Gasteiger partial charge in [-0.1, -0.05) is 0 Å². The maximum Gasteiger partial charge on any atom is 1.00 e. The first kappa shape index (κ1) is 13.1. The number of rotatable bonds is 3. The molecule has 0 aliphatic carbocycles. The van der Waals surface area contributed by atoms with E-state index in [-0.39, 0.29) is 65.9 Å². The molecule has 0 aromatic rings. The van der Waals surface area contributed by atoms with Crippen molar-refractivity contribution in [3.63, 3.8) is 0 Å². The van der Waals surface area contributed by atoms with Gasteiger partial charge in [0.1, 0.15) is 6.54 Å². The number of carbonyl (C=O) groups is 2. The number of hydrogen-bond donors (Lipinski definition) is 3. The van der Waals surface area contributed by atoms with Crippen LogP contribution in [0.15, 0.2) is 0 Å². The summed E-state index contributed by atoms with van der Waals surface area (Å²) >= 11 is 0. The van der Waals surface area contributed by atoms with Gasteiger partial charge in [-0.3, -0.25) is 9.59 Å². The van der Waals surface area contributed by atoms with E-state index < -0.39 is 11.9 Å². The minimum atomic E-state index is -1.07. The summed E-state index contributed by atoms with van der Waals surface area (Å²) in [5.74, 6) is -1.53. The summed E-state index contributed by atoms with van der Waals surface area (Å²) in [5.41, 5.74) is 4.85. The molecular formula is C4H9KN2O3. The summed E-state index contributed by atoms with van der Waals surface area (Å²) in [6.07, 6.45) is 0. The normalized spacial score (nSPS) is 7.70. The Morgan fingerprint density at radius 2 is 2.10 bits per heavy atom. The number of nitrogens with two attached hydrogens (primary N) is 1. The van der Waals surface area contributed by atoms with Crippen molar-refractivity contribution >= 4 is 11.9 Å². The molecule has 5 nitrogen and oxygen atoms in total. The Balaban J connectivity index is -0.000000320. The monoisotopic (exact) mass is 172 g/mol. The average molecular weight is 172 g/mol. The van der Waals surface area contributed by atoms with Crippen molar-refractivity contribution in [1.82, 2.24) is 5.32 Å². The smallest absolute Gasteiger partial charge is 1.00 e. The van der Waals surface area contributed by atoms with Crippen LogP contribution in [-0.2, 0) is 9.59 Å². The SMILES string of the molecule is NCC(=O)NCC(=O)O.[H-].[K+]. The van der Waals surface area contributed by atoms with Crippen LogP contribution in [0.1, 0.15) is 1.43 Å². The summed E-state index contributed by atoms with van der Waals surface area (Å²) < 4.78 is 0. The van der Waals surface area contributed by atoms with Crippen LogP contribution in [0.25, 0.3) is 0 Å². The Bertz CT molecular complexity index is 133. The second-order valence-electron chi connectivity index (χ2n) is 1.37. The number of nitrogens with one attached hydrogen (secondary N) is 1. The zero-order valence-electron chi connectivity index (χ0n) is 6.76. The number of hydrogen-bond acceptors (Lipinski definition) is 3. The van der Waals surface area contributed by atoms with Crippen molar-refractivity contribution in [2.24, 2.45) is 5.73 Å². The standard InChI is InChI=1S/C4H8N2O3.K.H/c5-1-3(7)6-2-4(8)9;;/h1-2,5H2,(H,6,7)(H,8,9);;/q;+1;-1. The van der Waals surface area contributed by atoms with E-state index in [0.29, 0.717) is 0 Å². The molecule has 0 radical (unpaired) electrons. The van der Waals surface area contributed by atoms with Gasteiger partial charge in [-0.05, 0) is 0 Å². The molecule has 0 saturated carbocycles. The van der Waals surface area contributed by atoms with E-state index >= 15 is 0 Å². The molecule has 6 heteroatoms. The molecule has 4 N–H and O–H groups in total. The fourth-order valence-corrected chi connectivity index (χ4v) is 0.246. The van der Waals surface area contributed by atoms with Crippen molar-refractivity contribution in [3.05, 3.63) is 0 Å². The van der Waals surface area contributed by atoms with Gasteiger partial charge in [-0.25, -0.2) is 0 Å². The summed E-state index contributed by atoms with van der Waals surface area (Å²) in [7, 11) is 0. The second kappa shape index (κ2) is 7.64. The molecule has 0 aliphatic rings. The molecule has 54 valence electrons. The van der Waals surface area contributed by atoms with Crippen LogP contribution in [0.4, 0.5) is 0 Å². The molecule has 0 aromatic carbocycles.